The standard InChI is InChI=1S/C15H25N.FH/c1-3-4-5-6-7-10-13-16-15-12-9-8-11-14(15)2;/h8-9,11-12,16H,3-7,10,13H2,1-2H3;1H. The molecule has 0 unspecified atom stereocenters. The number of unbranched alkanes of at least 4 members (excludes halogenated alkanes) is 5. The molecule has 0 aromatic heterocycles. The lowest BCUT2D eigenvalue weighted by atomic mass is 10.1. The van der Waals surface area contributed by atoms with Crippen LogP contribution >= 0.6 is 0 Å². The van der Waals surface area contributed by atoms with Crippen molar-refractivity contribution in [3.05, 3.63) is 29.8 Å². The average molecular weight is 239 g/mol. The van der Waals surface area contributed by atoms with Crippen LogP contribution in [0.5, 0.6) is 0 Å². The SMILES string of the molecule is CCCCCCCCNc1ccccc1C.F. The highest BCUT2D eigenvalue weighted by molar-refractivity contribution is 5.49. The Labute approximate surface area is 105 Å². The number of rotatable bonds is 8. The van der Waals surface area contributed by atoms with E-state index >= 15 is 0 Å². The van der Waals surface area contributed by atoms with Crippen molar-refractivity contribution in [2.75, 3.05) is 11.9 Å². The second kappa shape index (κ2) is 10.1. The molecule has 0 spiro atoms. The van der Waals surface area contributed by atoms with Gasteiger partial charge in [-0.15, -0.1) is 0 Å². The topological polar surface area (TPSA) is 12.0 Å². The Morgan fingerprint density at radius 3 is 2.29 bits per heavy atom. The summed E-state index contributed by atoms with van der Waals surface area (Å²) in [5.74, 6) is 0. The van der Waals surface area contributed by atoms with E-state index < -0.39 is 0 Å². The van der Waals surface area contributed by atoms with Gasteiger partial charge in [0.15, 0.2) is 0 Å². The maximum absolute atomic E-state index is 3.50. The molecule has 0 bridgehead atoms. The van der Waals surface area contributed by atoms with E-state index in [0.717, 1.165) is 6.54 Å². The molecule has 1 aromatic carbocycles. The van der Waals surface area contributed by atoms with Crippen molar-refractivity contribution in [2.45, 2.75) is 52.4 Å². The second-order valence-corrected chi connectivity index (χ2v) is 4.51. The number of anilines is 1. The number of hydrogen-bond donors (Lipinski definition) is 1. The van der Waals surface area contributed by atoms with Gasteiger partial charge in [0.25, 0.3) is 0 Å². The van der Waals surface area contributed by atoms with Crippen LogP contribution in [0.2, 0.25) is 0 Å². The van der Waals surface area contributed by atoms with Gasteiger partial charge in [-0.3, -0.25) is 4.70 Å². The molecule has 0 fully saturated rings. The summed E-state index contributed by atoms with van der Waals surface area (Å²) in [6.45, 7) is 5.53. The zero-order valence-corrected chi connectivity index (χ0v) is 11.2. The van der Waals surface area contributed by atoms with Crippen LogP contribution in [0.1, 0.15) is 51.0 Å². The van der Waals surface area contributed by atoms with Gasteiger partial charge in [-0.2, -0.15) is 0 Å². The third-order valence-corrected chi connectivity index (χ3v) is 2.99. The fourth-order valence-corrected chi connectivity index (χ4v) is 1.90. The van der Waals surface area contributed by atoms with Crippen molar-refractivity contribution in [3.63, 3.8) is 0 Å². The predicted molar refractivity (Wildman–Crippen MR) is 75.5 cm³/mol. The van der Waals surface area contributed by atoms with Crippen molar-refractivity contribution >= 4 is 5.69 Å². The van der Waals surface area contributed by atoms with Crippen molar-refractivity contribution in [1.29, 1.82) is 0 Å². The summed E-state index contributed by atoms with van der Waals surface area (Å²) in [5, 5.41) is 3.50. The molecule has 0 saturated heterocycles. The number of halogens is 1. The molecule has 0 atom stereocenters. The molecule has 1 nitrogen and oxygen atoms in total. The lowest BCUT2D eigenvalue weighted by Crippen LogP contribution is -2.02. The first kappa shape index (κ1) is 16.0. The largest absolute Gasteiger partial charge is 0.385 e. The number of nitrogens with one attached hydrogen (secondary N) is 1. The predicted octanol–water partition coefficient (Wildman–Crippen LogP) is 4.92. The quantitative estimate of drug-likeness (QED) is 0.635. The molecular formula is C15H26FN. The molecule has 0 amide bonds. The van der Waals surface area contributed by atoms with E-state index in [2.05, 4.69) is 43.4 Å². The minimum absolute atomic E-state index is 0. The minimum Gasteiger partial charge on any atom is -0.385 e. The first-order valence-corrected chi connectivity index (χ1v) is 6.64. The summed E-state index contributed by atoms with van der Waals surface area (Å²) in [6, 6.07) is 8.50. The van der Waals surface area contributed by atoms with E-state index in [-0.39, 0.29) is 4.70 Å². The van der Waals surface area contributed by atoms with E-state index in [1.165, 1.54) is 49.8 Å². The smallest absolute Gasteiger partial charge is 0.0369 e. The summed E-state index contributed by atoms with van der Waals surface area (Å²) >= 11 is 0. The normalized spacial score (nSPS) is 9.76. The van der Waals surface area contributed by atoms with E-state index in [1.807, 2.05) is 0 Å². The summed E-state index contributed by atoms with van der Waals surface area (Å²) in [7, 11) is 0. The minimum atomic E-state index is 0. The number of aryl methyl sites for hydroxylation is 1. The third-order valence-electron chi connectivity index (χ3n) is 2.99. The first-order valence-electron chi connectivity index (χ1n) is 6.64. The summed E-state index contributed by atoms with van der Waals surface area (Å²) in [6.07, 6.45) is 8.17. The highest BCUT2D eigenvalue weighted by atomic mass is 19.0. The number of hydrogen-bond acceptors (Lipinski definition) is 1. The third kappa shape index (κ3) is 6.98. The van der Waals surface area contributed by atoms with Gasteiger partial charge >= 0.3 is 0 Å². The molecular weight excluding hydrogens is 213 g/mol. The highest BCUT2D eigenvalue weighted by Gasteiger charge is 1.95. The second-order valence-electron chi connectivity index (χ2n) is 4.51. The average Bonchev–Trinajstić information content (AvgIpc) is 2.30. The maximum atomic E-state index is 3.50. The molecule has 17 heavy (non-hydrogen) atoms. The van der Waals surface area contributed by atoms with Crippen LogP contribution in [0.3, 0.4) is 0 Å². The van der Waals surface area contributed by atoms with Crippen molar-refractivity contribution in [1.82, 2.24) is 0 Å². The Hall–Kier alpha value is -1.05. The first-order chi connectivity index (χ1) is 7.84. The summed E-state index contributed by atoms with van der Waals surface area (Å²) < 4.78 is 0. The van der Waals surface area contributed by atoms with Crippen LogP contribution in [0.4, 0.5) is 10.4 Å². The van der Waals surface area contributed by atoms with E-state index in [0.29, 0.717) is 0 Å². The van der Waals surface area contributed by atoms with Crippen LogP contribution in [0.25, 0.3) is 0 Å². The van der Waals surface area contributed by atoms with Crippen LogP contribution in [-0.4, -0.2) is 6.54 Å². The van der Waals surface area contributed by atoms with Crippen LogP contribution in [0.15, 0.2) is 24.3 Å². The Kier molecular flexibility index (Phi) is 9.50. The van der Waals surface area contributed by atoms with Gasteiger partial charge in [0.05, 0.1) is 0 Å². The van der Waals surface area contributed by atoms with E-state index in [9.17, 15) is 0 Å². The Morgan fingerprint density at radius 1 is 0.941 bits per heavy atom. The molecule has 1 rings (SSSR count). The van der Waals surface area contributed by atoms with Gasteiger partial charge in [-0.25, -0.2) is 0 Å². The van der Waals surface area contributed by atoms with Crippen molar-refractivity contribution in [3.8, 4) is 0 Å². The van der Waals surface area contributed by atoms with Crippen LogP contribution in [-0.2, 0) is 0 Å². The van der Waals surface area contributed by atoms with Crippen molar-refractivity contribution < 1.29 is 4.70 Å². The molecule has 0 saturated carbocycles. The van der Waals surface area contributed by atoms with Crippen molar-refractivity contribution in [2.24, 2.45) is 0 Å². The van der Waals surface area contributed by atoms with Gasteiger partial charge in [-0.05, 0) is 25.0 Å². The fourth-order valence-electron chi connectivity index (χ4n) is 1.90. The lowest BCUT2D eigenvalue weighted by molar-refractivity contribution is 0.617. The zero-order chi connectivity index (χ0) is 11.6. The number of para-hydroxylation sites is 1. The molecule has 98 valence electrons. The molecule has 0 heterocycles. The van der Waals surface area contributed by atoms with Gasteiger partial charge in [0.1, 0.15) is 0 Å². The van der Waals surface area contributed by atoms with Crippen LogP contribution in [0, 0.1) is 6.92 Å². The monoisotopic (exact) mass is 239 g/mol. The Morgan fingerprint density at radius 2 is 1.59 bits per heavy atom. The molecule has 0 aliphatic rings. The molecule has 1 aromatic rings. The zero-order valence-electron chi connectivity index (χ0n) is 11.2. The Balaban J connectivity index is 0.00000256. The van der Waals surface area contributed by atoms with Crippen LogP contribution < -0.4 is 5.32 Å². The number of benzene rings is 1. The Bertz CT molecular complexity index is 286. The van der Waals surface area contributed by atoms with Gasteiger partial charge in [0.2, 0.25) is 0 Å². The maximum Gasteiger partial charge on any atom is 0.0369 e. The lowest BCUT2D eigenvalue weighted by Gasteiger charge is -2.08. The van der Waals surface area contributed by atoms with Gasteiger partial charge < -0.3 is 5.32 Å². The molecule has 0 aliphatic heterocycles. The highest BCUT2D eigenvalue weighted by Crippen LogP contribution is 2.13. The van der Waals surface area contributed by atoms with E-state index in [1.54, 1.807) is 0 Å². The molecule has 0 aliphatic carbocycles. The molecule has 0 radical (unpaired) electrons. The van der Waals surface area contributed by atoms with Gasteiger partial charge in [-0.1, -0.05) is 57.2 Å². The summed E-state index contributed by atoms with van der Waals surface area (Å²) in [4.78, 5) is 0. The van der Waals surface area contributed by atoms with Gasteiger partial charge in [0, 0.05) is 12.2 Å². The van der Waals surface area contributed by atoms with E-state index in [4.69, 9.17) is 0 Å². The summed E-state index contributed by atoms with van der Waals surface area (Å²) in [5.41, 5.74) is 2.63. The molecule has 1 N–H and O–H groups in total. The molecule has 2 heteroatoms. The fraction of sp³-hybridized carbons (Fsp3) is 0.600.